The Bertz CT molecular complexity index is 821. The molecule has 6 heteroatoms. The van der Waals surface area contributed by atoms with Crippen LogP contribution >= 0.6 is 0 Å². The highest BCUT2D eigenvalue weighted by atomic mass is 16.5. The lowest BCUT2D eigenvalue weighted by molar-refractivity contribution is -0.124. The minimum absolute atomic E-state index is 0.110. The largest absolute Gasteiger partial charge is 0.497 e. The molecule has 0 unspecified atom stereocenters. The summed E-state index contributed by atoms with van der Waals surface area (Å²) in [7, 11) is 3.15. The highest BCUT2D eigenvalue weighted by Crippen LogP contribution is 2.25. The zero-order valence-corrected chi connectivity index (χ0v) is 15.1. The second kappa shape index (κ2) is 7.47. The number of ether oxygens (including phenoxy) is 2. The highest BCUT2D eigenvalue weighted by Gasteiger charge is 2.35. The summed E-state index contributed by atoms with van der Waals surface area (Å²) in [6.07, 6.45) is 0. The molecule has 1 saturated heterocycles. The van der Waals surface area contributed by atoms with Gasteiger partial charge in [-0.25, -0.2) is 0 Å². The summed E-state index contributed by atoms with van der Waals surface area (Å²) in [4.78, 5) is 29.0. The molecule has 0 aromatic heterocycles. The standard InChI is InChI=1S/C20H22N2O4/c1-14-19(23)22(16-7-5-9-18(13-16)26-3)11-10-21(14)20(24)15-6-4-8-17(12-15)25-2/h4-9,12-14H,10-11H2,1-3H3/t14-/m1/s1. The lowest BCUT2D eigenvalue weighted by Gasteiger charge is -2.39. The molecule has 1 aliphatic heterocycles. The van der Waals surface area contributed by atoms with Gasteiger partial charge in [-0.15, -0.1) is 0 Å². The van der Waals surface area contributed by atoms with Crippen molar-refractivity contribution in [2.45, 2.75) is 13.0 Å². The number of carbonyl (C=O) groups is 2. The molecule has 2 amide bonds. The molecule has 0 bridgehead atoms. The first-order valence-corrected chi connectivity index (χ1v) is 8.45. The predicted octanol–water partition coefficient (Wildman–Crippen LogP) is 2.58. The molecule has 1 atom stereocenters. The Balaban J connectivity index is 1.79. The van der Waals surface area contributed by atoms with E-state index in [-0.39, 0.29) is 11.8 Å². The van der Waals surface area contributed by atoms with Gasteiger partial charge in [0.05, 0.1) is 14.2 Å². The van der Waals surface area contributed by atoms with E-state index in [1.54, 1.807) is 55.2 Å². The zero-order chi connectivity index (χ0) is 18.7. The van der Waals surface area contributed by atoms with E-state index in [1.165, 1.54) is 0 Å². The van der Waals surface area contributed by atoms with Crippen LogP contribution in [0, 0.1) is 0 Å². The van der Waals surface area contributed by atoms with Gasteiger partial charge in [-0.05, 0) is 37.3 Å². The summed E-state index contributed by atoms with van der Waals surface area (Å²) in [5.74, 6) is 1.03. The summed E-state index contributed by atoms with van der Waals surface area (Å²) >= 11 is 0. The molecule has 3 rings (SSSR count). The summed E-state index contributed by atoms with van der Waals surface area (Å²) < 4.78 is 10.4. The Labute approximate surface area is 152 Å². The van der Waals surface area contributed by atoms with E-state index in [2.05, 4.69) is 0 Å². The van der Waals surface area contributed by atoms with Crippen LogP contribution in [0.4, 0.5) is 5.69 Å². The van der Waals surface area contributed by atoms with Crippen LogP contribution < -0.4 is 14.4 Å². The van der Waals surface area contributed by atoms with Crippen molar-refractivity contribution in [3.63, 3.8) is 0 Å². The van der Waals surface area contributed by atoms with Crippen molar-refractivity contribution >= 4 is 17.5 Å². The first kappa shape index (κ1) is 17.8. The van der Waals surface area contributed by atoms with Crippen LogP contribution in [0.15, 0.2) is 48.5 Å². The summed E-state index contributed by atoms with van der Waals surface area (Å²) in [6, 6.07) is 13.8. The summed E-state index contributed by atoms with van der Waals surface area (Å²) in [6.45, 7) is 2.65. The van der Waals surface area contributed by atoms with Gasteiger partial charge < -0.3 is 19.3 Å². The molecular formula is C20H22N2O4. The fraction of sp³-hybridized carbons (Fsp3) is 0.300. The average Bonchev–Trinajstić information content (AvgIpc) is 2.69. The Morgan fingerprint density at radius 1 is 1.00 bits per heavy atom. The SMILES string of the molecule is COc1cccc(C(=O)N2CCN(c3cccc(OC)c3)C(=O)[C@H]2C)c1. The van der Waals surface area contributed by atoms with Crippen LogP contribution in [0.5, 0.6) is 11.5 Å². The third-order valence-electron chi connectivity index (χ3n) is 4.60. The molecular weight excluding hydrogens is 332 g/mol. The number of benzene rings is 2. The first-order valence-electron chi connectivity index (χ1n) is 8.45. The third-order valence-corrected chi connectivity index (χ3v) is 4.60. The molecule has 0 N–H and O–H groups in total. The van der Waals surface area contributed by atoms with Gasteiger partial charge in [0, 0.05) is 30.4 Å². The number of nitrogens with zero attached hydrogens (tertiary/aromatic N) is 2. The number of anilines is 1. The van der Waals surface area contributed by atoms with E-state index in [9.17, 15) is 9.59 Å². The van der Waals surface area contributed by atoms with E-state index < -0.39 is 6.04 Å². The fourth-order valence-electron chi connectivity index (χ4n) is 3.10. The number of hydrogen-bond donors (Lipinski definition) is 0. The van der Waals surface area contributed by atoms with Crippen molar-refractivity contribution in [3.8, 4) is 11.5 Å². The van der Waals surface area contributed by atoms with Crippen LogP contribution in [0.25, 0.3) is 0 Å². The normalized spacial score (nSPS) is 17.2. The minimum Gasteiger partial charge on any atom is -0.497 e. The fourth-order valence-corrected chi connectivity index (χ4v) is 3.10. The second-order valence-electron chi connectivity index (χ2n) is 6.10. The topological polar surface area (TPSA) is 59.1 Å². The van der Waals surface area contributed by atoms with E-state index in [0.717, 1.165) is 5.69 Å². The van der Waals surface area contributed by atoms with E-state index in [4.69, 9.17) is 9.47 Å². The Kier molecular flexibility index (Phi) is 5.11. The Hall–Kier alpha value is -3.02. The average molecular weight is 354 g/mol. The lowest BCUT2D eigenvalue weighted by atomic mass is 10.1. The molecule has 2 aromatic carbocycles. The van der Waals surface area contributed by atoms with E-state index in [0.29, 0.717) is 30.2 Å². The maximum Gasteiger partial charge on any atom is 0.254 e. The quantitative estimate of drug-likeness (QED) is 0.847. The van der Waals surface area contributed by atoms with Gasteiger partial charge >= 0.3 is 0 Å². The molecule has 2 aromatic rings. The Morgan fingerprint density at radius 3 is 2.35 bits per heavy atom. The number of carbonyl (C=O) groups excluding carboxylic acids is 2. The van der Waals surface area contributed by atoms with Gasteiger partial charge in [-0.3, -0.25) is 9.59 Å². The van der Waals surface area contributed by atoms with E-state index >= 15 is 0 Å². The van der Waals surface area contributed by atoms with Crippen LogP contribution in [-0.2, 0) is 4.79 Å². The van der Waals surface area contributed by atoms with E-state index in [1.807, 2.05) is 24.3 Å². The lowest BCUT2D eigenvalue weighted by Crippen LogP contribution is -2.57. The van der Waals surface area contributed by atoms with Crippen molar-refractivity contribution in [1.82, 2.24) is 4.90 Å². The van der Waals surface area contributed by atoms with Gasteiger partial charge in [0.1, 0.15) is 17.5 Å². The smallest absolute Gasteiger partial charge is 0.254 e. The first-order chi connectivity index (χ1) is 12.5. The molecule has 26 heavy (non-hydrogen) atoms. The van der Waals surface area contributed by atoms with Gasteiger partial charge in [-0.1, -0.05) is 12.1 Å². The molecule has 1 heterocycles. The molecule has 1 aliphatic rings. The highest BCUT2D eigenvalue weighted by molar-refractivity contribution is 6.03. The predicted molar refractivity (Wildman–Crippen MR) is 98.8 cm³/mol. The summed E-state index contributed by atoms with van der Waals surface area (Å²) in [5.41, 5.74) is 1.29. The number of hydrogen-bond acceptors (Lipinski definition) is 4. The maximum absolute atomic E-state index is 12.9. The van der Waals surface area contributed by atoms with Crippen LogP contribution in [0.1, 0.15) is 17.3 Å². The van der Waals surface area contributed by atoms with Crippen molar-refractivity contribution < 1.29 is 19.1 Å². The second-order valence-corrected chi connectivity index (χ2v) is 6.10. The molecule has 6 nitrogen and oxygen atoms in total. The van der Waals surface area contributed by atoms with Crippen molar-refractivity contribution in [2.75, 3.05) is 32.2 Å². The molecule has 0 aliphatic carbocycles. The van der Waals surface area contributed by atoms with Gasteiger partial charge in [-0.2, -0.15) is 0 Å². The monoisotopic (exact) mass is 354 g/mol. The number of methoxy groups -OCH3 is 2. The molecule has 0 saturated carbocycles. The zero-order valence-electron chi connectivity index (χ0n) is 15.1. The Morgan fingerprint density at radius 2 is 1.65 bits per heavy atom. The van der Waals surface area contributed by atoms with Crippen molar-refractivity contribution in [1.29, 1.82) is 0 Å². The van der Waals surface area contributed by atoms with Crippen molar-refractivity contribution in [3.05, 3.63) is 54.1 Å². The number of rotatable bonds is 4. The van der Waals surface area contributed by atoms with Gasteiger partial charge in [0.2, 0.25) is 5.91 Å². The molecule has 136 valence electrons. The molecule has 0 radical (unpaired) electrons. The number of piperazine rings is 1. The maximum atomic E-state index is 12.9. The van der Waals surface area contributed by atoms with Crippen molar-refractivity contribution in [2.24, 2.45) is 0 Å². The van der Waals surface area contributed by atoms with Crippen LogP contribution in [0.3, 0.4) is 0 Å². The van der Waals surface area contributed by atoms with Crippen LogP contribution in [-0.4, -0.2) is 50.1 Å². The molecule has 0 spiro atoms. The molecule has 1 fully saturated rings. The number of amides is 2. The van der Waals surface area contributed by atoms with Gasteiger partial charge in [0.15, 0.2) is 0 Å². The summed E-state index contributed by atoms with van der Waals surface area (Å²) in [5, 5.41) is 0. The van der Waals surface area contributed by atoms with Gasteiger partial charge in [0.25, 0.3) is 5.91 Å². The minimum atomic E-state index is -0.548. The third kappa shape index (κ3) is 3.35. The van der Waals surface area contributed by atoms with Crippen LogP contribution in [0.2, 0.25) is 0 Å².